The zero-order valence-corrected chi connectivity index (χ0v) is 15.6. The summed E-state index contributed by atoms with van der Waals surface area (Å²) < 4.78 is 23.6. The van der Waals surface area contributed by atoms with Gasteiger partial charge in [0.2, 0.25) is 0 Å². The Morgan fingerprint density at radius 3 is 2.54 bits per heavy atom. The zero-order valence-electron chi connectivity index (χ0n) is 12.4. The van der Waals surface area contributed by atoms with E-state index in [-0.39, 0.29) is 40.3 Å². The van der Waals surface area contributed by atoms with Crippen molar-refractivity contribution < 1.29 is 13.2 Å². The number of rotatable bonds is 4. The number of carbonyl (C=O) groups is 1. The van der Waals surface area contributed by atoms with Gasteiger partial charge in [0.25, 0.3) is 5.91 Å². The SMILES string of the molecule is CS(=O)(=O)c1ccc(Cl)cc1CNC(=O)c1cc(Cl)cnc1N.Cl. The van der Waals surface area contributed by atoms with E-state index in [0.29, 0.717) is 10.6 Å². The summed E-state index contributed by atoms with van der Waals surface area (Å²) in [5.74, 6) is -0.488. The lowest BCUT2D eigenvalue weighted by Gasteiger charge is -2.11. The predicted octanol–water partition coefficient (Wildman–Crippen LogP) is 2.73. The van der Waals surface area contributed by atoms with Crippen molar-refractivity contribution >= 4 is 57.2 Å². The first-order chi connectivity index (χ1) is 10.7. The van der Waals surface area contributed by atoms with Gasteiger partial charge in [-0.25, -0.2) is 13.4 Å². The molecule has 0 unspecified atom stereocenters. The molecule has 0 saturated carbocycles. The highest BCUT2D eigenvalue weighted by Gasteiger charge is 2.16. The van der Waals surface area contributed by atoms with E-state index < -0.39 is 15.7 Å². The first-order valence-electron chi connectivity index (χ1n) is 6.36. The maximum atomic E-state index is 12.2. The first kappa shape index (κ1) is 20.5. The average Bonchev–Trinajstić information content (AvgIpc) is 2.46. The van der Waals surface area contributed by atoms with E-state index in [1.54, 1.807) is 0 Å². The fraction of sp³-hybridized carbons (Fsp3) is 0.143. The maximum absolute atomic E-state index is 12.2. The van der Waals surface area contributed by atoms with E-state index in [4.69, 9.17) is 28.9 Å². The van der Waals surface area contributed by atoms with Crippen LogP contribution in [0.5, 0.6) is 0 Å². The van der Waals surface area contributed by atoms with Crippen molar-refractivity contribution in [2.45, 2.75) is 11.4 Å². The van der Waals surface area contributed by atoms with Crippen molar-refractivity contribution in [1.29, 1.82) is 0 Å². The minimum Gasteiger partial charge on any atom is -0.383 e. The van der Waals surface area contributed by atoms with Gasteiger partial charge in [-0.1, -0.05) is 23.2 Å². The second kappa shape index (κ2) is 8.02. The molecular weight excluding hydrogens is 397 g/mol. The highest BCUT2D eigenvalue weighted by molar-refractivity contribution is 7.90. The van der Waals surface area contributed by atoms with Crippen LogP contribution in [-0.4, -0.2) is 25.6 Å². The molecular formula is C14H14Cl3N3O3S. The summed E-state index contributed by atoms with van der Waals surface area (Å²) in [6.45, 7) is -0.0340. The minimum atomic E-state index is -3.45. The van der Waals surface area contributed by atoms with Crippen LogP contribution in [-0.2, 0) is 16.4 Å². The van der Waals surface area contributed by atoms with Crippen molar-refractivity contribution in [1.82, 2.24) is 10.3 Å². The molecule has 1 heterocycles. The second-order valence-corrected chi connectivity index (χ2v) is 7.65. The van der Waals surface area contributed by atoms with Crippen LogP contribution in [0.1, 0.15) is 15.9 Å². The minimum absolute atomic E-state index is 0. The molecule has 0 bridgehead atoms. The summed E-state index contributed by atoms with van der Waals surface area (Å²) in [6.07, 6.45) is 2.41. The van der Waals surface area contributed by atoms with Gasteiger partial charge in [0.1, 0.15) is 5.82 Å². The fourth-order valence-electron chi connectivity index (χ4n) is 1.95. The van der Waals surface area contributed by atoms with Gasteiger partial charge in [0, 0.05) is 24.0 Å². The quantitative estimate of drug-likeness (QED) is 0.807. The molecule has 0 saturated heterocycles. The Morgan fingerprint density at radius 2 is 1.92 bits per heavy atom. The molecule has 0 aliphatic rings. The summed E-state index contributed by atoms with van der Waals surface area (Å²) in [5.41, 5.74) is 6.12. The molecule has 24 heavy (non-hydrogen) atoms. The summed E-state index contributed by atoms with van der Waals surface area (Å²) in [5, 5.41) is 3.22. The number of nitrogens with two attached hydrogens (primary N) is 1. The number of carbonyl (C=O) groups excluding carboxylic acids is 1. The van der Waals surface area contributed by atoms with Gasteiger partial charge >= 0.3 is 0 Å². The monoisotopic (exact) mass is 409 g/mol. The normalized spacial score (nSPS) is 10.8. The van der Waals surface area contributed by atoms with E-state index >= 15 is 0 Å². The van der Waals surface area contributed by atoms with Crippen LogP contribution in [0, 0.1) is 0 Å². The molecule has 1 amide bonds. The molecule has 1 aromatic heterocycles. The number of aromatic nitrogens is 1. The molecule has 3 N–H and O–H groups in total. The van der Waals surface area contributed by atoms with E-state index in [9.17, 15) is 13.2 Å². The molecule has 130 valence electrons. The highest BCUT2D eigenvalue weighted by atomic mass is 35.5. The summed E-state index contributed by atoms with van der Waals surface area (Å²) in [4.78, 5) is 16.1. The number of hydrogen-bond donors (Lipinski definition) is 2. The lowest BCUT2D eigenvalue weighted by Crippen LogP contribution is -2.25. The number of halogens is 3. The molecule has 0 aliphatic heterocycles. The standard InChI is InChI=1S/C14H13Cl2N3O3S.ClH/c1-23(21,22)12-3-2-9(15)4-8(12)6-19-14(20)11-5-10(16)7-18-13(11)17;/h2-5,7H,6H2,1H3,(H2,17,18)(H,19,20);1H. The summed E-state index contributed by atoms with van der Waals surface area (Å²) >= 11 is 11.7. The largest absolute Gasteiger partial charge is 0.383 e. The molecule has 1 aromatic carbocycles. The number of hydrogen-bond acceptors (Lipinski definition) is 5. The number of anilines is 1. The van der Waals surface area contributed by atoms with Crippen molar-refractivity contribution in [2.75, 3.05) is 12.0 Å². The topological polar surface area (TPSA) is 102 Å². The molecule has 2 rings (SSSR count). The lowest BCUT2D eigenvalue weighted by molar-refractivity contribution is 0.0951. The smallest absolute Gasteiger partial charge is 0.255 e. The molecule has 0 spiro atoms. The number of nitrogens with zero attached hydrogens (tertiary/aromatic N) is 1. The Labute approximate surface area is 155 Å². The molecule has 2 aromatic rings. The predicted molar refractivity (Wildman–Crippen MR) is 96.6 cm³/mol. The van der Waals surface area contributed by atoms with E-state index in [1.165, 1.54) is 30.5 Å². The lowest BCUT2D eigenvalue weighted by atomic mass is 10.2. The third kappa shape index (κ3) is 4.98. The zero-order chi connectivity index (χ0) is 17.2. The van der Waals surface area contributed by atoms with Gasteiger partial charge in [-0.05, 0) is 29.8 Å². The Balaban J connectivity index is 0.00000288. The Bertz CT molecular complexity index is 873. The van der Waals surface area contributed by atoms with E-state index in [2.05, 4.69) is 10.3 Å². The summed E-state index contributed by atoms with van der Waals surface area (Å²) in [6, 6.07) is 5.74. The fourth-order valence-corrected chi connectivity index (χ4v) is 3.23. The number of sulfone groups is 1. The van der Waals surface area contributed by atoms with Gasteiger partial charge in [-0.15, -0.1) is 12.4 Å². The molecule has 0 atom stereocenters. The van der Waals surface area contributed by atoms with Crippen LogP contribution in [0.2, 0.25) is 10.0 Å². The average molecular weight is 411 g/mol. The highest BCUT2D eigenvalue weighted by Crippen LogP contribution is 2.21. The molecule has 0 fully saturated rings. The number of nitrogens with one attached hydrogen (secondary N) is 1. The third-order valence-electron chi connectivity index (χ3n) is 2.99. The van der Waals surface area contributed by atoms with Crippen LogP contribution in [0.4, 0.5) is 5.82 Å². The number of amides is 1. The maximum Gasteiger partial charge on any atom is 0.255 e. The third-order valence-corrected chi connectivity index (χ3v) is 4.63. The van der Waals surface area contributed by atoms with Crippen LogP contribution in [0.3, 0.4) is 0 Å². The van der Waals surface area contributed by atoms with Crippen LogP contribution in [0.25, 0.3) is 0 Å². The van der Waals surface area contributed by atoms with Crippen LogP contribution < -0.4 is 11.1 Å². The summed E-state index contributed by atoms with van der Waals surface area (Å²) in [7, 11) is -3.45. The van der Waals surface area contributed by atoms with Crippen LogP contribution >= 0.6 is 35.6 Å². The van der Waals surface area contributed by atoms with Gasteiger partial charge in [0.15, 0.2) is 9.84 Å². The van der Waals surface area contributed by atoms with Crippen molar-refractivity contribution in [3.05, 3.63) is 51.6 Å². The van der Waals surface area contributed by atoms with Crippen LogP contribution in [0.15, 0.2) is 35.4 Å². The van der Waals surface area contributed by atoms with Gasteiger partial charge in [-0.2, -0.15) is 0 Å². The Hall–Kier alpha value is -1.54. The molecule has 0 radical (unpaired) electrons. The number of benzene rings is 1. The number of pyridine rings is 1. The molecule has 0 aliphatic carbocycles. The Kier molecular flexibility index (Phi) is 6.86. The van der Waals surface area contributed by atoms with Crippen molar-refractivity contribution in [2.24, 2.45) is 0 Å². The van der Waals surface area contributed by atoms with E-state index in [1.807, 2.05) is 0 Å². The first-order valence-corrected chi connectivity index (χ1v) is 9.01. The van der Waals surface area contributed by atoms with Gasteiger partial charge in [-0.3, -0.25) is 4.79 Å². The van der Waals surface area contributed by atoms with Gasteiger partial charge < -0.3 is 11.1 Å². The Morgan fingerprint density at radius 1 is 1.25 bits per heavy atom. The van der Waals surface area contributed by atoms with Crippen molar-refractivity contribution in [3.8, 4) is 0 Å². The van der Waals surface area contributed by atoms with Crippen molar-refractivity contribution in [3.63, 3.8) is 0 Å². The molecule has 10 heteroatoms. The molecule has 6 nitrogen and oxygen atoms in total. The number of nitrogen functional groups attached to an aromatic ring is 1. The van der Waals surface area contributed by atoms with Gasteiger partial charge in [0.05, 0.1) is 15.5 Å². The van der Waals surface area contributed by atoms with E-state index in [0.717, 1.165) is 6.26 Å². The second-order valence-electron chi connectivity index (χ2n) is 4.79.